The van der Waals surface area contributed by atoms with Gasteiger partial charge >= 0.3 is 0 Å². The Bertz CT molecular complexity index is 1280. The quantitative estimate of drug-likeness (QED) is 0.467. The lowest BCUT2D eigenvalue weighted by molar-refractivity contribution is 0.160. The lowest BCUT2D eigenvalue weighted by atomic mass is 9.79. The van der Waals surface area contributed by atoms with E-state index in [0.29, 0.717) is 6.04 Å². The maximum Gasteiger partial charge on any atom is 0.129 e. The lowest BCUT2D eigenvalue weighted by Gasteiger charge is -2.49. The Morgan fingerprint density at radius 1 is 0.969 bits per heavy atom. The fourth-order valence-electron chi connectivity index (χ4n) is 5.61. The first-order valence-electron chi connectivity index (χ1n) is 11.5. The minimum absolute atomic E-state index is 0.0990. The molecule has 0 unspecified atom stereocenters. The third-order valence-electron chi connectivity index (χ3n) is 6.71. The molecule has 2 aromatic heterocycles. The van der Waals surface area contributed by atoms with E-state index in [1.165, 1.54) is 5.56 Å². The molecule has 166 valence electrons. The molecule has 0 bridgehead atoms. The van der Waals surface area contributed by atoms with Crippen molar-refractivity contribution < 1.29 is 0 Å². The molecule has 1 fully saturated rings. The third-order valence-corrected chi connectivity index (χ3v) is 6.71. The van der Waals surface area contributed by atoms with Crippen LogP contribution in [0.2, 0.25) is 0 Å². The van der Waals surface area contributed by atoms with Crippen LogP contribution in [0.15, 0.2) is 54.7 Å². The van der Waals surface area contributed by atoms with E-state index in [2.05, 4.69) is 105 Å². The number of aromatic nitrogens is 3. The van der Waals surface area contributed by atoms with Crippen molar-refractivity contribution in [1.82, 2.24) is 20.1 Å². The number of para-hydroxylation sites is 1. The molecular weight excluding hydrogens is 394 g/mol. The van der Waals surface area contributed by atoms with Crippen LogP contribution in [0.5, 0.6) is 0 Å². The second-order valence-electron chi connectivity index (χ2n) is 10.7. The topological polar surface area (TPSA) is 46.0 Å². The maximum atomic E-state index is 5.19. The fourth-order valence-corrected chi connectivity index (χ4v) is 5.61. The normalized spacial score (nSPS) is 18.3. The van der Waals surface area contributed by atoms with E-state index in [9.17, 15) is 0 Å². The third kappa shape index (κ3) is 3.86. The summed E-state index contributed by atoms with van der Waals surface area (Å²) in [7, 11) is 4.16. The van der Waals surface area contributed by atoms with E-state index in [0.717, 1.165) is 46.0 Å². The summed E-state index contributed by atoms with van der Waals surface area (Å²) in [6, 6.07) is 17.7. The molecule has 5 nitrogen and oxygen atoms in total. The molecule has 0 atom stereocenters. The Balaban J connectivity index is 1.56. The predicted molar refractivity (Wildman–Crippen MR) is 134 cm³/mol. The highest BCUT2D eigenvalue weighted by Gasteiger charge is 2.39. The van der Waals surface area contributed by atoms with Gasteiger partial charge in [-0.25, -0.2) is 4.98 Å². The van der Waals surface area contributed by atoms with Gasteiger partial charge in [0.1, 0.15) is 5.82 Å². The van der Waals surface area contributed by atoms with Gasteiger partial charge in [0, 0.05) is 53.7 Å². The summed E-state index contributed by atoms with van der Waals surface area (Å²) >= 11 is 0. The van der Waals surface area contributed by atoms with Gasteiger partial charge < -0.3 is 10.2 Å². The van der Waals surface area contributed by atoms with E-state index in [1.54, 1.807) is 0 Å². The van der Waals surface area contributed by atoms with E-state index >= 15 is 0 Å². The molecule has 3 heterocycles. The molecule has 1 aliphatic rings. The van der Waals surface area contributed by atoms with Crippen molar-refractivity contribution in [3.05, 3.63) is 54.7 Å². The number of aryl methyl sites for hydroxylation is 1. The molecule has 0 aliphatic carbocycles. The van der Waals surface area contributed by atoms with Crippen LogP contribution < -0.4 is 10.2 Å². The number of hydrogen-bond donors (Lipinski definition) is 1. The van der Waals surface area contributed by atoms with Crippen LogP contribution in [0, 0.1) is 0 Å². The predicted octanol–water partition coefficient (Wildman–Crippen LogP) is 5.53. The number of piperidine rings is 1. The fraction of sp³-hybridized carbons (Fsp3) is 0.407. The number of nitrogens with zero attached hydrogens (tertiary/aromatic N) is 4. The molecule has 0 amide bonds. The highest BCUT2D eigenvalue weighted by atomic mass is 15.2. The number of hydrogen-bond acceptors (Lipinski definition) is 4. The van der Waals surface area contributed by atoms with E-state index < -0.39 is 0 Å². The standard InChI is InChI=1S/C27H33N5/c1-26(2)15-21(16-27(3,4)30-26)32(6)24-13-11-18-8-7-9-22(25(18)28-24)19-10-12-23-20(14-19)17-31(5)29-23/h7-14,17,21,30H,15-16H2,1-6H3. The van der Waals surface area contributed by atoms with Gasteiger partial charge in [0.25, 0.3) is 0 Å². The number of rotatable bonds is 3. The average molecular weight is 428 g/mol. The molecular formula is C27H33N5. The van der Waals surface area contributed by atoms with Gasteiger partial charge in [-0.1, -0.05) is 24.3 Å². The van der Waals surface area contributed by atoms with Crippen molar-refractivity contribution in [3.63, 3.8) is 0 Å². The number of nitrogens with one attached hydrogen (secondary N) is 1. The van der Waals surface area contributed by atoms with Gasteiger partial charge in [-0.15, -0.1) is 0 Å². The Morgan fingerprint density at radius 2 is 1.72 bits per heavy atom. The van der Waals surface area contributed by atoms with Gasteiger partial charge in [0.2, 0.25) is 0 Å². The SMILES string of the molecule is CN(c1ccc2cccc(-c3ccc4nn(C)cc4c3)c2n1)C1CC(C)(C)NC(C)(C)C1. The minimum Gasteiger partial charge on any atom is -0.357 e. The first-order valence-corrected chi connectivity index (χ1v) is 11.5. The zero-order chi connectivity index (χ0) is 22.7. The van der Waals surface area contributed by atoms with Crippen LogP contribution in [-0.4, -0.2) is 38.9 Å². The molecule has 5 rings (SSSR count). The van der Waals surface area contributed by atoms with Crippen LogP contribution in [0.1, 0.15) is 40.5 Å². The summed E-state index contributed by atoms with van der Waals surface area (Å²) in [6.07, 6.45) is 4.25. The molecule has 4 aromatic rings. The molecule has 5 heteroatoms. The van der Waals surface area contributed by atoms with Crippen molar-refractivity contribution >= 4 is 27.6 Å². The monoisotopic (exact) mass is 427 g/mol. The van der Waals surface area contributed by atoms with E-state index in [1.807, 2.05) is 11.7 Å². The van der Waals surface area contributed by atoms with Crippen LogP contribution in [0.3, 0.4) is 0 Å². The first kappa shape index (κ1) is 21.0. The summed E-state index contributed by atoms with van der Waals surface area (Å²) < 4.78 is 1.87. The van der Waals surface area contributed by atoms with Gasteiger partial charge in [-0.2, -0.15) is 5.10 Å². The summed E-state index contributed by atoms with van der Waals surface area (Å²) in [5, 5.41) is 10.6. The average Bonchev–Trinajstić information content (AvgIpc) is 3.09. The molecule has 2 aromatic carbocycles. The summed E-state index contributed by atoms with van der Waals surface area (Å²) in [4.78, 5) is 7.57. The van der Waals surface area contributed by atoms with Crippen LogP contribution >= 0.6 is 0 Å². The summed E-state index contributed by atoms with van der Waals surface area (Å²) in [5.41, 5.74) is 4.60. The molecule has 0 saturated carbocycles. The largest absolute Gasteiger partial charge is 0.357 e. The smallest absolute Gasteiger partial charge is 0.129 e. The first-order chi connectivity index (χ1) is 15.1. The highest BCUT2D eigenvalue weighted by Crippen LogP contribution is 2.35. The molecule has 1 saturated heterocycles. The second-order valence-corrected chi connectivity index (χ2v) is 10.7. The Kier molecular flexibility index (Phi) is 4.79. The Hall–Kier alpha value is -2.92. The number of pyridine rings is 1. The van der Waals surface area contributed by atoms with E-state index in [4.69, 9.17) is 4.98 Å². The second kappa shape index (κ2) is 7.31. The van der Waals surface area contributed by atoms with Crippen molar-refractivity contribution in [2.75, 3.05) is 11.9 Å². The van der Waals surface area contributed by atoms with Gasteiger partial charge in [0.05, 0.1) is 11.0 Å². The summed E-state index contributed by atoms with van der Waals surface area (Å²) in [5.74, 6) is 1.03. The number of anilines is 1. The minimum atomic E-state index is 0.0990. The maximum absolute atomic E-state index is 5.19. The van der Waals surface area contributed by atoms with Crippen molar-refractivity contribution in [3.8, 4) is 11.1 Å². The van der Waals surface area contributed by atoms with Gasteiger partial charge in [-0.3, -0.25) is 4.68 Å². The zero-order valence-electron chi connectivity index (χ0n) is 20.0. The molecule has 1 aliphatic heterocycles. The van der Waals surface area contributed by atoms with Gasteiger partial charge in [-0.05, 0) is 70.4 Å². The van der Waals surface area contributed by atoms with Crippen molar-refractivity contribution in [2.45, 2.75) is 57.7 Å². The Labute approximate surface area is 190 Å². The Morgan fingerprint density at radius 3 is 2.47 bits per heavy atom. The molecule has 1 N–H and O–H groups in total. The highest BCUT2D eigenvalue weighted by molar-refractivity contribution is 5.96. The molecule has 32 heavy (non-hydrogen) atoms. The molecule has 0 radical (unpaired) electrons. The van der Waals surface area contributed by atoms with Gasteiger partial charge in [0.15, 0.2) is 0 Å². The number of benzene rings is 2. The van der Waals surface area contributed by atoms with Crippen molar-refractivity contribution in [2.24, 2.45) is 7.05 Å². The van der Waals surface area contributed by atoms with Crippen LogP contribution in [-0.2, 0) is 7.05 Å². The summed E-state index contributed by atoms with van der Waals surface area (Å²) in [6.45, 7) is 9.20. The molecule has 0 spiro atoms. The van der Waals surface area contributed by atoms with Crippen LogP contribution in [0.4, 0.5) is 5.82 Å². The van der Waals surface area contributed by atoms with Crippen LogP contribution in [0.25, 0.3) is 32.9 Å². The zero-order valence-corrected chi connectivity index (χ0v) is 20.0. The van der Waals surface area contributed by atoms with E-state index in [-0.39, 0.29) is 11.1 Å². The number of fused-ring (bicyclic) bond motifs is 2. The lowest BCUT2D eigenvalue weighted by Crippen LogP contribution is -2.62. The van der Waals surface area contributed by atoms with Crippen molar-refractivity contribution in [1.29, 1.82) is 0 Å².